The average molecular weight is 413 g/mol. The van der Waals surface area contributed by atoms with Gasteiger partial charge in [-0.15, -0.1) is 0 Å². The Labute approximate surface area is 173 Å². The lowest BCUT2D eigenvalue weighted by molar-refractivity contribution is 0.0549. The molecule has 1 aliphatic carbocycles. The van der Waals surface area contributed by atoms with Crippen molar-refractivity contribution in [1.82, 2.24) is 4.90 Å². The van der Waals surface area contributed by atoms with Gasteiger partial charge in [-0.2, -0.15) is 0 Å². The van der Waals surface area contributed by atoms with Crippen LogP contribution in [0.2, 0.25) is 5.02 Å². The summed E-state index contributed by atoms with van der Waals surface area (Å²) in [4.78, 5) is 39.7. The lowest BCUT2D eigenvalue weighted by Crippen LogP contribution is -2.40. The summed E-state index contributed by atoms with van der Waals surface area (Å²) in [6.07, 6.45) is 4.87. The normalized spacial score (nSPS) is 16.7. The Kier molecular flexibility index (Phi) is 5.28. The average Bonchev–Trinajstić information content (AvgIpc) is 2.98. The van der Waals surface area contributed by atoms with E-state index in [9.17, 15) is 14.4 Å². The number of hydrogen-bond acceptors (Lipinski definition) is 4. The predicted octanol–water partition coefficient (Wildman–Crippen LogP) is 4.53. The van der Waals surface area contributed by atoms with Gasteiger partial charge in [0.1, 0.15) is 5.75 Å². The predicted molar refractivity (Wildman–Crippen MR) is 110 cm³/mol. The van der Waals surface area contributed by atoms with Crippen molar-refractivity contribution in [2.24, 2.45) is 0 Å². The summed E-state index contributed by atoms with van der Waals surface area (Å²) in [5, 5.41) is 3.13. The molecule has 2 aromatic rings. The van der Waals surface area contributed by atoms with Crippen molar-refractivity contribution in [3.8, 4) is 5.75 Å². The number of amides is 3. The molecule has 1 N–H and O–H groups in total. The van der Waals surface area contributed by atoms with Gasteiger partial charge < -0.3 is 10.1 Å². The molecule has 3 amide bonds. The van der Waals surface area contributed by atoms with Gasteiger partial charge in [0.2, 0.25) is 0 Å². The van der Waals surface area contributed by atoms with E-state index in [1.807, 2.05) is 0 Å². The molecule has 0 aromatic heterocycles. The Bertz CT molecular complexity index is 998. The molecule has 29 heavy (non-hydrogen) atoms. The minimum absolute atomic E-state index is 0.0464. The number of benzene rings is 2. The molecule has 0 unspecified atom stereocenters. The highest BCUT2D eigenvalue weighted by Crippen LogP contribution is 2.32. The van der Waals surface area contributed by atoms with E-state index in [1.165, 1.54) is 18.1 Å². The van der Waals surface area contributed by atoms with Crippen LogP contribution < -0.4 is 10.1 Å². The third kappa shape index (κ3) is 3.60. The van der Waals surface area contributed by atoms with Crippen LogP contribution in [0.5, 0.6) is 5.75 Å². The fourth-order valence-electron chi connectivity index (χ4n) is 4.02. The van der Waals surface area contributed by atoms with Gasteiger partial charge in [-0.1, -0.05) is 30.9 Å². The lowest BCUT2D eigenvalue weighted by Gasteiger charge is -2.29. The number of anilines is 1. The number of halogens is 1. The Morgan fingerprint density at radius 3 is 2.45 bits per heavy atom. The molecule has 0 atom stereocenters. The molecule has 0 saturated heterocycles. The molecule has 7 heteroatoms. The highest BCUT2D eigenvalue weighted by atomic mass is 35.5. The smallest absolute Gasteiger partial charge is 0.261 e. The van der Waals surface area contributed by atoms with Gasteiger partial charge >= 0.3 is 0 Å². The van der Waals surface area contributed by atoms with Crippen LogP contribution in [-0.4, -0.2) is 35.8 Å². The van der Waals surface area contributed by atoms with Gasteiger partial charge in [0.25, 0.3) is 17.7 Å². The van der Waals surface area contributed by atoms with Crippen molar-refractivity contribution in [3.05, 3.63) is 58.1 Å². The first kappa shape index (κ1) is 19.5. The maximum atomic E-state index is 12.9. The molecule has 2 aromatic carbocycles. The number of carbonyl (C=O) groups is 3. The Balaban J connectivity index is 1.55. The molecule has 0 radical (unpaired) electrons. The minimum Gasteiger partial charge on any atom is -0.495 e. The molecule has 150 valence electrons. The lowest BCUT2D eigenvalue weighted by atomic mass is 9.94. The molecule has 0 bridgehead atoms. The van der Waals surface area contributed by atoms with Crippen LogP contribution in [0.4, 0.5) is 5.69 Å². The molecule has 0 spiro atoms. The zero-order valence-corrected chi connectivity index (χ0v) is 16.8. The quantitative estimate of drug-likeness (QED) is 0.748. The zero-order valence-electron chi connectivity index (χ0n) is 16.0. The second-order valence-electron chi connectivity index (χ2n) is 7.34. The van der Waals surface area contributed by atoms with E-state index in [0.29, 0.717) is 33.1 Å². The van der Waals surface area contributed by atoms with Gasteiger partial charge in [0.05, 0.1) is 23.3 Å². The highest BCUT2D eigenvalue weighted by Gasteiger charge is 2.40. The van der Waals surface area contributed by atoms with E-state index in [-0.39, 0.29) is 23.8 Å². The SMILES string of the molecule is COc1ccc(NC(=O)c2ccc3c(c2)C(=O)N(C2CCCCC2)C3=O)cc1Cl. The largest absolute Gasteiger partial charge is 0.495 e. The van der Waals surface area contributed by atoms with Crippen molar-refractivity contribution < 1.29 is 19.1 Å². The monoisotopic (exact) mass is 412 g/mol. The number of hydrogen-bond donors (Lipinski definition) is 1. The number of fused-ring (bicyclic) bond motifs is 1. The molecular weight excluding hydrogens is 392 g/mol. The number of ether oxygens (including phenoxy) is 1. The Morgan fingerprint density at radius 2 is 1.76 bits per heavy atom. The van der Waals surface area contributed by atoms with Gasteiger partial charge in [-0.05, 0) is 49.2 Å². The standard InChI is InChI=1S/C22H21ClN2O4/c1-29-19-10-8-14(12-18(19)23)24-20(26)13-7-9-16-17(11-13)22(28)25(21(16)27)15-5-3-2-4-6-15/h7-12,15H,2-6H2,1H3,(H,24,26). The third-order valence-electron chi connectivity index (χ3n) is 5.53. The number of imide groups is 1. The van der Waals surface area contributed by atoms with Gasteiger partial charge in [0, 0.05) is 17.3 Å². The van der Waals surface area contributed by atoms with E-state index in [1.54, 1.807) is 30.3 Å². The number of nitrogens with zero attached hydrogens (tertiary/aromatic N) is 1. The van der Waals surface area contributed by atoms with Crippen molar-refractivity contribution in [2.45, 2.75) is 38.1 Å². The van der Waals surface area contributed by atoms with Crippen LogP contribution in [0, 0.1) is 0 Å². The van der Waals surface area contributed by atoms with Crippen LogP contribution >= 0.6 is 11.6 Å². The van der Waals surface area contributed by atoms with Gasteiger partial charge in [0.15, 0.2) is 0 Å². The second-order valence-corrected chi connectivity index (χ2v) is 7.74. The first-order valence-electron chi connectivity index (χ1n) is 9.66. The molecule has 1 fully saturated rings. The highest BCUT2D eigenvalue weighted by molar-refractivity contribution is 6.32. The van der Waals surface area contributed by atoms with Gasteiger partial charge in [-0.25, -0.2) is 0 Å². The van der Waals surface area contributed by atoms with Crippen LogP contribution in [0.15, 0.2) is 36.4 Å². The maximum Gasteiger partial charge on any atom is 0.261 e. The zero-order chi connectivity index (χ0) is 20.5. The molecule has 6 nitrogen and oxygen atoms in total. The van der Waals surface area contributed by atoms with Crippen molar-refractivity contribution in [2.75, 3.05) is 12.4 Å². The Hall–Kier alpha value is -2.86. The fourth-order valence-corrected chi connectivity index (χ4v) is 4.28. The summed E-state index contributed by atoms with van der Waals surface area (Å²) in [7, 11) is 1.51. The molecule has 2 aliphatic rings. The molecule has 1 saturated carbocycles. The van der Waals surface area contributed by atoms with Crippen LogP contribution in [0.25, 0.3) is 0 Å². The van der Waals surface area contributed by atoms with E-state index in [2.05, 4.69) is 5.32 Å². The summed E-state index contributed by atoms with van der Waals surface area (Å²) in [6.45, 7) is 0. The van der Waals surface area contributed by atoms with E-state index >= 15 is 0 Å². The molecule has 1 heterocycles. The number of carbonyl (C=O) groups excluding carboxylic acids is 3. The van der Waals surface area contributed by atoms with E-state index in [0.717, 1.165) is 32.1 Å². The minimum atomic E-state index is -0.384. The first-order chi connectivity index (χ1) is 14.0. The van der Waals surface area contributed by atoms with Crippen LogP contribution in [-0.2, 0) is 0 Å². The van der Waals surface area contributed by atoms with Crippen LogP contribution in [0.1, 0.15) is 63.2 Å². The number of methoxy groups -OCH3 is 1. The first-order valence-corrected chi connectivity index (χ1v) is 10.0. The van der Waals surface area contributed by atoms with Crippen molar-refractivity contribution >= 4 is 35.0 Å². The maximum absolute atomic E-state index is 12.9. The fraction of sp³-hybridized carbons (Fsp3) is 0.318. The van der Waals surface area contributed by atoms with Gasteiger partial charge in [-0.3, -0.25) is 19.3 Å². The summed E-state index contributed by atoms with van der Waals surface area (Å²) in [5.74, 6) is -0.440. The van der Waals surface area contributed by atoms with E-state index in [4.69, 9.17) is 16.3 Å². The van der Waals surface area contributed by atoms with Crippen LogP contribution in [0.3, 0.4) is 0 Å². The third-order valence-corrected chi connectivity index (χ3v) is 5.83. The number of nitrogens with one attached hydrogen (secondary N) is 1. The summed E-state index contributed by atoms with van der Waals surface area (Å²) < 4.78 is 5.10. The molecular formula is C22H21ClN2O4. The molecule has 4 rings (SSSR count). The topological polar surface area (TPSA) is 75.7 Å². The second kappa shape index (κ2) is 7.87. The summed E-state index contributed by atoms with van der Waals surface area (Å²) >= 11 is 6.10. The van der Waals surface area contributed by atoms with Crippen molar-refractivity contribution in [1.29, 1.82) is 0 Å². The molecule has 1 aliphatic heterocycles. The number of rotatable bonds is 4. The summed E-state index contributed by atoms with van der Waals surface area (Å²) in [6, 6.07) is 9.50. The Morgan fingerprint density at radius 1 is 1.03 bits per heavy atom. The van der Waals surface area contributed by atoms with E-state index < -0.39 is 0 Å². The summed E-state index contributed by atoms with van der Waals surface area (Å²) in [5.41, 5.74) is 1.47. The van der Waals surface area contributed by atoms with Crippen molar-refractivity contribution in [3.63, 3.8) is 0 Å².